The van der Waals surface area contributed by atoms with E-state index in [4.69, 9.17) is 9.47 Å². The second kappa shape index (κ2) is 9.75. The average Bonchev–Trinajstić information content (AvgIpc) is 2.59. The van der Waals surface area contributed by atoms with Gasteiger partial charge in [0.05, 0.1) is 6.61 Å². The van der Waals surface area contributed by atoms with Crippen LogP contribution in [0.1, 0.15) is 58.1 Å². The first-order chi connectivity index (χ1) is 12.3. The summed E-state index contributed by atoms with van der Waals surface area (Å²) in [5, 5.41) is 0. The van der Waals surface area contributed by atoms with Crippen molar-refractivity contribution in [1.29, 1.82) is 0 Å². The van der Waals surface area contributed by atoms with Gasteiger partial charge in [0.1, 0.15) is 5.75 Å². The number of halogens is 1. The van der Waals surface area contributed by atoms with Crippen molar-refractivity contribution in [2.45, 2.75) is 63.3 Å². The lowest BCUT2D eigenvalue weighted by atomic mass is 9.82. The highest BCUT2D eigenvalue weighted by molar-refractivity contribution is 14.1. The van der Waals surface area contributed by atoms with Crippen LogP contribution in [-0.2, 0) is 11.3 Å². The highest BCUT2D eigenvalue weighted by atomic mass is 127. The monoisotopic (exact) mass is 466 g/mol. The van der Waals surface area contributed by atoms with Crippen LogP contribution in [0.15, 0.2) is 54.6 Å². The maximum absolute atomic E-state index is 5.91. The van der Waals surface area contributed by atoms with E-state index in [1.807, 2.05) is 25.1 Å². The van der Waals surface area contributed by atoms with E-state index in [1.54, 1.807) is 0 Å². The van der Waals surface area contributed by atoms with Gasteiger partial charge < -0.3 is 9.47 Å². The first kappa shape index (κ1) is 21.2. The first-order valence-corrected chi connectivity index (χ1v) is 10.4. The molecular weight excluding hydrogens is 435 g/mol. The number of hydrogen-bond acceptors (Lipinski definition) is 2. The smallest absolute Gasteiger partial charge is 0.197 e. The summed E-state index contributed by atoms with van der Waals surface area (Å²) >= 11 is 2.57. The Kier molecular flexibility index (Phi) is 7.96. The molecule has 0 heterocycles. The van der Waals surface area contributed by atoms with Crippen molar-refractivity contribution in [3.05, 3.63) is 65.7 Å². The molecule has 0 aliphatic heterocycles. The molecule has 0 saturated heterocycles. The minimum absolute atomic E-state index is 0.219. The molecule has 0 aromatic heterocycles. The summed E-state index contributed by atoms with van der Waals surface area (Å²) in [4.78, 5) is 0. The Morgan fingerprint density at radius 1 is 0.923 bits per heavy atom. The lowest BCUT2D eigenvalue weighted by Crippen LogP contribution is -2.23. The quantitative estimate of drug-likeness (QED) is 0.226. The van der Waals surface area contributed by atoms with E-state index in [1.165, 1.54) is 12.0 Å². The number of ether oxygens (including phenoxy) is 2. The normalized spacial score (nSPS) is 14.3. The van der Waals surface area contributed by atoms with E-state index >= 15 is 0 Å². The van der Waals surface area contributed by atoms with Gasteiger partial charge in [0.25, 0.3) is 0 Å². The Bertz CT molecular complexity index is 644. The predicted molar refractivity (Wildman–Crippen MR) is 118 cm³/mol. The topological polar surface area (TPSA) is 18.5 Å². The van der Waals surface area contributed by atoms with Crippen molar-refractivity contribution in [3.8, 4) is 5.75 Å². The molecule has 2 aromatic carbocycles. The zero-order chi connectivity index (χ0) is 19.2. The molecule has 0 radical (unpaired) electrons. The molecule has 2 rings (SSSR count). The Balaban J connectivity index is 1.95. The Morgan fingerprint density at radius 2 is 1.54 bits per heavy atom. The highest BCUT2D eigenvalue weighted by Gasteiger charge is 2.28. The first-order valence-electron chi connectivity index (χ1n) is 9.36. The standard InChI is InChI=1S/C23H31IO2/c1-17(2)15-22(23(4,5)24)20-11-13-21(14-12-20)26-18(3)25-16-19-9-7-6-8-10-19/h6-14,17-18,22H,15-16H2,1-5H3. The summed E-state index contributed by atoms with van der Waals surface area (Å²) < 4.78 is 11.9. The van der Waals surface area contributed by atoms with Gasteiger partial charge in [-0.2, -0.15) is 0 Å². The lowest BCUT2D eigenvalue weighted by Gasteiger charge is -2.31. The van der Waals surface area contributed by atoms with Gasteiger partial charge in [-0.25, -0.2) is 0 Å². The second-order valence-corrected chi connectivity index (χ2v) is 10.6. The molecule has 0 spiro atoms. The Labute approximate surface area is 172 Å². The van der Waals surface area contributed by atoms with Crippen LogP contribution in [0, 0.1) is 5.92 Å². The second-order valence-electron chi connectivity index (χ2n) is 7.80. The molecule has 0 amide bonds. The molecule has 3 heteroatoms. The molecular formula is C23H31IO2. The van der Waals surface area contributed by atoms with Gasteiger partial charge in [0.15, 0.2) is 6.29 Å². The maximum Gasteiger partial charge on any atom is 0.197 e. The molecule has 0 aliphatic carbocycles. The fraction of sp³-hybridized carbons (Fsp3) is 0.478. The number of hydrogen-bond donors (Lipinski definition) is 0. The molecule has 26 heavy (non-hydrogen) atoms. The highest BCUT2D eigenvalue weighted by Crippen LogP contribution is 2.40. The van der Waals surface area contributed by atoms with Crippen LogP contribution >= 0.6 is 22.6 Å². The molecule has 0 fully saturated rings. The van der Waals surface area contributed by atoms with Crippen LogP contribution in [0.25, 0.3) is 0 Å². The number of benzene rings is 2. The van der Waals surface area contributed by atoms with Gasteiger partial charge in [-0.3, -0.25) is 0 Å². The van der Waals surface area contributed by atoms with Crippen molar-refractivity contribution in [3.63, 3.8) is 0 Å². The van der Waals surface area contributed by atoms with Gasteiger partial charge in [-0.1, -0.05) is 92.8 Å². The third-order valence-corrected chi connectivity index (χ3v) is 5.20. The van der Waals surface area contributed by atoms with Crippen molar-refractivity contribution in [2.24, 2.45) is 5.92 Å². The van der Waals surface area contributed by atoms with E-state index in [0.29, 0.717) is 18.4 Å². The molecule has 2 atom stereocenters. The zero-order valence-electron chi connectivity index (χ0n) is 16.5. The fourth-order valence-electron chi connectivity index (χ4n) is 3.08. The van der Waals surface area contributed by atoms with Crippen LogP contribution in [0.5, 0.6) is 5.75 Å². The number of alkyl halides is 1. The van der Waals surface area contributed by atoms with Crippen molar-refractivity contribution < 1.29 is 9.47 Å². The summed E-state index contributed by atoms with van der Waals surface area (Å²) in [6.07, 6.45) is 0.903. The fourth-order valence-corrected chi connectivity index (χ4v) is 3.69. The van der Waals surface area contributed by atoms with Crippen LogP contribution < -0.4 is 4.74 Å². The van der Waals surface area contributed by atoms with Gasteiger partial charge >= 0.3 is 0 Å². The van der Waals surface area contributed by atoms with E-state index in [0.717, 1.165) is 11.3 Å². The zero-order valence-corrected chi connectivity index (χ0v) is 18.7. The van der Waals surface area contributed by atoms with Gasteiger partial charge in [0.2, 0.25) is 0 Å². The average molecular weight is 466 g/mol. The molecule has 142 valence electrons. The van der Waals surface area contributed by atoms with E-state index in [9.17, 15) is 0 Å². The lowest BCUT2D eigenvalue weighted by molar-refractivity contribution is -0.0759. The van der Waals surface area contributed by atoms with E-state index < -0.39 is 0 Å². The van der Waals surface area contributed by atoms with Crippen molar-refractivity contribution in [1.82, 2.24) is 0 Å². The summed E-state index contributed by atoms with van der Waals surface area (Å²) in [6.45, 7) is 11.7. The Morgan fingerprint density at radius 3 is 2.08 bits per heavy atom. The number of rotatable bonds is 9. The Hall–Kier alpha value is -1.07. The van der Waals surface area contributed by atoms with Gasteiger partial charge in [-0.05, 0) is 48.4 Å². The van der Waals surface area contributed by atoms with Gasteiger partial charge in [0, 0.05) is 3.42 Å². The van der Waals surface area contributed by atoms with Crippen LogP contribution in [0.2, 0.25) is 0 Å². The summed E-state index contributed by atoms with van der Waals surface area (Å²) in [7, 11) is 0. The minimum atomic E-state index is -0.284. The SMILES string of the molecule is CC(C)CC(c1ccc(OC(C)OCc2ccccc2)cc1)C(C)(C)I. The third kappa shape index (κ3) is 6.92. The minimum Gasteiger partial charge on any atom is -0.465 e. The molecule has 2 aromatic rings. The van der Waals surface area contributed by atoms with Crippen LogP contribution in [0.4, 0.5) is 0 Å². The maximum atomic E-state index is 5.91. The van der Waals surface area contributed by atoms with Crippen molar-refractivity contribution in [2.75, 3.05) is 0 Å². The van der Waals surface area contributed by atoms with Gasteiger partial charge in [-0.15, -0.1) is 0 Å². The molecule has 2 unspecified atom stereocenters. The molecule has 0 N–H and O–H groups in total. The summed E-state index contributed by atoms with van der Waals surface area (Å²) in [5.41, 5.74) is 2.53. The largest absolute Gasteiger partial charge is 0.465 e. The van der Waals surface area contributed by atoms with Crippen LogP contribution in [-0.4, -0.2) is 9.71 Å². The molecule has 0 aliphatic rings. The van der Waals surface area contributed by atoms with E-state index in [-0.39, 0.29) is 9.71 Å². The third-order valence-electron chi connectivity index (χ3n) is 4.45. The predicted octanol–water partition coefficient (Wildman–Crippen LogP) is 6.97. The molecule has 0 saturated carbocycles. The summed E-state index contributed by atoms with van der Waals surface area (Å²) in [5.74, 6) is 2.06. The summed E-state index contributed by atoms with van der Waals surface area (Å²) in [6, 6.07) is 18.7. The van der Waals surface area contributed by atoms with E-state index in [2.05, 4.69) is 86.7 Å². The van der Waals surface area contributed by atoms with Crippen molar-refractivity contribution >= 4 is 22.6 Å². The van der Waals surface area contributed by atoms with Crippen LogP contribution in [0.3, 0.4) is 0 Å². The molecule has 2 nitrogen and oxygen atoms in total. The molecule has 0 bridgehead atoms.